The first-order chi connectivity index (χ1) is 11.1. The number of carbonyl (C=O) groups excluding carboxylic acids is 1. The van der Waals surface area contributed by atoms with E-state index in [2.05, 4.69) is 15.5 Å². The third kappa shape index (κ3) is 3.59. The standard InChI is InChI=1S/C17H22N4O2/c1-11(19-14-10-6-5-9-13(14)15(18)22)16-20-21-17(23-16)12-7-3-2-4-8-12/h2-4,7-8,11,13-14,19H,5-6,9-10H2,1H3,(H2,18,22)/t11-,13+,14-/m0/s1. The summed E-state index contributed by atoms with van der Waals surface area (Å²) < 4.78 is 5.77. The molecule has 0 aliphatic heterocycles. The highest BCUT2D eigenvalue weighted by Gasteiger charge is 2.31. The molecule has 1 fully saturated rings. The van der Waals surface area contributed by atoms with Crippen LogP contribution in [0.2, 0.25) is 0 Å². The molecule has 23 heavy (non-hydrogen) atoms. The second kappa shape index (κ2) is 6.91. The average Bonchev–Trinajstić information content (AvgIpc) is 3.06. The number of aromatic nitrogens is 2. The molecule has 122 valence electrons. The molecule has 2 aromatic rings. The van der Waals surface area contributed by atoms with Gasteiger partial charge in [-0.05, 0) is 31.9 Å². The van der Waals surface area contributed by atoms with Crippen molar-refractivity contribution in [2.75, 3.05) is 0 Å². The highest BCUT2D eigenvalue weighted by molar-refractivity contribution is 5.77. The van der Waals surface area contributed by atoms with Crippen LogP contribution in [0.5, 0.6) is 0 Å². The molecule has 1 aromatic heterocycles. The second-order valence-corrected chi connectivity index (χ2v) is 6.10. The van der Waals surface area contributed by atoms with Gasteiger partial charge in [0.25, 0.3) is 0 Å². The van der Waals surface area contributed by atoms with Gasteiger partial charge in [0, 0.05) is 11.6 Å². The molecular formula is C17H22N4O2. The van der Waals surface area contributed by atoms with Gasteiger partial charge in [-0.3, -0.25) is 4.79 Å². The summed E-state index contributed by atoms with van der Waals surface area (Å²) >= 11 is 0. The Morgan fingerprint density at radius 2 is 2.00 bits per heavy atom. The van der Waals surface area contributed by atoms with E-state index in [1.54, 1.807) is 0 Å². The zero-order valence-corrected chi connectivity index (χ0v) is 13.2. The predicted molar refractivity (Wildman–Crippen MR) is 86.2 cm³/mol. The molecule has 1 saturated carbocycles. The van der Waals surface area contributed by atoms with Gasteiger partial charge in [-0.25, -0.2) is 0 Å². The van der Waals surface area contributed by atoms with Crippen molar-refractivity contribution in [3.05, 3.63) is 36.2 Å². The van der Waals surface area contributed by atoms with Gasteiger partial charge in [0.1, 0.15) is 0 Å². The molecule has 1 aliphatic rings. The minimum Gasteiger partial charge on any atom is -0.419 e. The monoisotopic (exact) mass is 314 g/mol. The molecule has 0 saturated heterocycles. The lowest BCUT2D eigenvalue weighted by Crippen LogP contribution is -2.45. The lowest BCUT2D eigenvalue weighted by Gasteiger charge is -2.31. The van der Waals surface area contributed by atoms with Gasteiger partial charge in [-0.2, -0.15) is 0 Å². The summed E-state index contributed by atoms with van der Waals surface area (Å²) in [6, 6.07) is 9.62. The van der Waals surface area contributed by atoms with E-state index >= 15 is 0 Å². The third-order valence-corrected chi connectivity index (χ3v) is 4.43. The van der Waals surface area contributed by atoms with Crippen LogP contribution in [0.15, 0.2) is 34.7 Å². The third-order valence-electron chi connectivity index (χ3n) is 4.43. The van der Waals surface area contributed by atoms with E-state index in [0.29, 0.717) is 11.8 Å². The minimum atomic E-state index is -0.232. The van der Waals surface area contributed by atoms with E-state index < -0.39 is 0 Å². The van der Waals surface area contributed by atoms with Crippen molar-refractivity contribution in [3.8, 4) is 11.5 Å². The van der Waals surface area contributed by atoms with Gasteiger partial charge in [-0.15, -0.1) is 10.2 Å². The summed E-state index contributed by atoms with van der Waals surface area (Å²) in [6.07, 6.45) is 3.95. The Balaban J connectivity index is 1.70. The van der Waals surface area contributed by atoms with Gasteiger partial charge in [-0.1, -0.05) is 31.0 Å². The van der Waals surface area contributed by atoms with Gasteiger partial charge >= 0.3 is 0 Å². The summed E-state index contributed by atoms with van der Waals surface area (Å²) in [7, 11) is 0. The summed E-state index contributed by atoms with van der Waals surface area (Å²) in [4.78, 5) is 11.6. The van der Waals surface area contributed by atoms with Crippen LogP contribution in [0.4, 0.5) is 0 Å². The molecule has 0 unspecified atom stereocenters. The zero-order valence-electron chi connectivity index (χ0n) is 13.2. The van der Waals surface area contributed by atoms with Crippen molar-refractivity contribution in [2.45, 2.75) is 44.7 Å². The maximum absolute atomic E-state index is 11.6. The Kier molecular flexibility index (Phi) is 4.71. The number of hydrogen-bond acceptors (Lipinski definition) is 5. The largest absolute Gasteiger partial charge is 0.419 e. The number of amides is 1. The fourth-order valence-electron chi connectivity index (χ4n) is 3.17. The van der Waals surface area contributed by atoms with Crippen LogP contribution < -0.4 is 11.1 Å². The van der Waals surface area contributed by atoms with E-state index in [4.69, 9.17) is 10.2 Å². The van der Waals surface area contributed by atoms with Crippen LogP contribution in [0.25, 0.3) is 11.5 Å². The molecule has 3 rings (SSSR count). The Morgan fingerprint density at radius 1 is 1.26 bits per heavy atom. The molecule has 6 heteroatoms. The second-order valence-electron chi connectivity index (χ2n) is 6.10. The van der Waals surface area contributed by atoms with Gasteiger partial charge in [0.05, 0.1) is 12.0 Å². The van der Waals surface area contributed by atoms with Crippen molar-refractivity contribution in [1.29, 1.82) is 0 Å². The van der Waals surface area contributed by atoms with Crippen molar-refractivity contribution >= 4 is 5.91 Å². The molecule has 3 atom stereocenters. The zero-order chi connectivity index (χ0) is 16.2. The van der Waals surface area contributed by atoms with E-state index in [1.165, 1.54) is 0 Å². The van der Waals surface area contributed by atoms with E-state index in [-0.39, 0.29) is 23.9 Å². The minimum absolute atomic E-state index is 0.0725. The highest BCUT2D eigenvalue weighted by atomic mass is 16.4. The normalized spacial score (nSPS) is 22.7. The van der Waals surface area contributed by atoms with E-state index in [1.807, 2.05) is 37.3 Å². The number of hydrogen-bond donors (Lipinski definition) is 2. The van der Waals surface area contributed by atoms with Crippen LogP contribution in [0, 0.1) is 5.92 Å². The number of nitrogens with zero attached hydrogens (tertiary/aromatic N) is 2. The van der Waals surface area contributed by atoms with Crippen LogP contribution in [0.1, 0.15) is 44.5 Å². The Morgan fingerprint density at radius 3 is 2.74 bits per heavy atom. The highest BCUT2D eigenvalue weighted by Crippen LogP contribution is 2.27. The van der Waals surface area contributed by atoms with Gasteiger partial charge in [0.15, 0.2) is 0 Å². The maximum Gasteiger partial charge on any atom is 0.247 e. The molecule has 1 aromatic carbocycles. The van der Waals surface area contributed by atoms with Gasteiger partial charge < -0.3 is 15.5 Å². The predicted octanol–water partition coefficient (Wildman–Crippen LogP) is 2.43. The Labute approximate surface area is 135 Å². The van der Waals surface area contributed by atoms with Crippen LogP contribution >= 0.6 is 0 Å². The number of nitrogens with two attached hydrogens (primary N) is 1. The van der Waals surface area contributed by atoms with Gasteiger partial charge in [0.2, 0.25) is 17.7 Å². The summed E-state index contributed by atoms with van der Waals surface area (Å²) in [6.45, 7) is 1.97. The number of benzene rings is 1. The molecular weight excluding hydrogens is 292 g/mol. The van der Waals surface area contributed by atoms with Crippen LogP contribution in [0.3, 0.4) is 0 Å². The molecule has 0 spiro atoms. The number of primary amides is 1. The lowest BCUT2D eigenvalue weighted by molar-refractivity contribution is -0.123. The molecule has 0 radical (unpaired) electrons. The van der Waals surface area contributed by atoms with Crippen molar-refractivity contribution in [3.63, 3.8) is 0 Å². The fraction of sp³-hybridized carbons (Fsp3) is 0.471. The van der Waals surface area contributed by atoms with Crippen molar-refractivity contribution in [2.24, 2.45) is 11.7 Å². The smallest absolute Gasteiger partial charge is 0.247 e. The number of rotatable bonds is 5. The van der Waals surface area contributed by atoms with Crippen LogP contribution in [-0.2, 0) is 4.79 Å². The lowest BCUT2D eigenvalue weighted by atomic mass is 9.83. The van der Waals surface area contributed by atoms with Crippen molar-refractivity contribution in [1.82, 2.24) is 15.5 Å². The summed E-state index contributed by atoms with van der Waals surface area (Å²) in [5.74, 6) is 0.676. The number of nitrogens with one attached hydrogen (secondary N) is 1. The molecule has 6 nitrogen and oxygen atoms in total. The van der Waals surface area contributed by atoms with Crippen LogP contribution in [-0.4, -0.2) is 22.1 Å². The maximum atomic E-state index is 11.6. The first kappa shape index (κ1) is 15.7. The SMILES string of the molecule is C[C@H](N[C@H]1CCCC[C@H]1C(N)=O)c1nnc(-c2ccccc2)o1. The first-order valence-electron chi connectivity index (χ1n) is 8.09. The summed E-state index contributed by atoms with van der Waals surface area (Å²) in [5, 5.41) is 11.7. The summed E-state index contributed by atoms with van der Waals surface area (Å²) in [5.41, 5.74) is 6.42. The van der Waals surface area contributed by atoms with E-state index in [9.17, 15) is 4.79 Å². The number of carbonyl (C=O) groups is 1. The topological polar surface area (TPSA) is 94.0 Å². The first-order valence-corrected chi connectivity index (χ1v) is 8.09. The average molecular weight is 314 g/mol. The molecule has 1 amide bonds. The van der Waals surface area contributed by atoms with Crippen molar-refractivity contribution < 1.29 is 9.21 Å². The molecule has 1 heterocycles. The van der Waals surface area contributed by atoms with E-state index in [0.717, 1.165) is 31.2 Å². The molecule has 0 bridgehead atoms. The fourth-order valence-corrected chi connectivity index (χ4v) is 3.17. The molecule has 3 N–H and O–H groups in total. The quantitative estimate of drug-likeness (QED) is 0.884. The Bertz CT molecular complexity index is 656. The molecule has 1 aliphatic carbocycles. The Hall–Kier alpha value is -2.21.